The first-order valence-corrected chi connectivity index (χ1v) is 8.74. The van der Waals surface area contributed by atoms with Crippen LogP contribution in [-0.4, -0.2) is 57.0 Å². The first-order chi connectivity index (χ1) is 13.0. The van der Waals surface area contributed by atoms with E-state index in [1.165, 1.54) is 18.1 Å². The van der Waals surface area contributed by atoms with Crippen molar-refractivity contribution in [2.24, 2.45) is 0 Å². The molecule has 0 radical (unpaired) electrons. The number of aromatic nitrogens is 3. The predicted octanol–water partition coefficient (Wildman–Crippen LogP) is 1.70. The standard InChI is InChI=1S/C18H21F2N5O2/c1-24-14(15(19)20)9-5-8-13(18(24)27)22-17(26)16-21-11-25(23-16)10-12-6-3-2-4-7-12/h2-4,6-7,11,13-15H,5,8-10H2,1H3,(H,22,26)/t13-,14-/m0/s1. The van der Waals surface area contributed by atoms with Crippen molar-refractivity contribution in [3.05, 3.63) is 48.0 Å². The fourth-order valence-electron chi connectivity index (χ4n) is 3.15. The van der Waals surface area contributed by atoms with Gasteiger partial charge in [0.2, 0.25) is 11.7 Å². The quantitative estimate of drug-likeness (QED) is 0.860. The number of halogens is 2. The molecule has 0 aliphatic carbocycles. The van der Waals surface area contributed by atoms with Gasteiger partial charge in [-0.3, -0.25) is 9.59 Å². The summed E-state index contributed by atoms with van der Waals surface area (Å²) in [5.41, 5.74) is 1.01. The van der Waals surface area contributed by atoms with Crippen molar-refractivity contribution in [2.45, 2.75) is 44.3 Å². The Balaban J connectivity index is 1.64. The van der Waals surface area contributed by atoms with E-state index >= 15 is 0 Å². The van der Waals surface area contributed by atoms with Gasteiger partial charge in [0, 0.05) is 7.05 Å². The second kappa shape index (κ2) is 8.24. The number of nitrogens with zero attached hydrogens (tertiary/aromatic N) is 4. The van der Waals surface area contributed by atoms with E-state index in [1.807, 2.05) is 30.3 Å². The van der Waals surface area contributed by atoms with Gasteiger partial charge in [0.05, 0.1) is 12.6 Å². The topological polar surface area (TPSA) is 80.1 Å². The zero-order chi connectivity index (χ0) is 19.4. The minimum absolute atomic E-state index is 0.0592. The number of alkyl halides is 2. The van der Waals surface area contributed by atoms with E-state index in [0.717, 1.165) is 10.5 Å². The highest BCUT2D eigenvalue weighted by molar-refractivity contribution is 5.94. The molecule has 2 heterocycles. The molecule has 1 aliphatic rings. The Labute approximate surface area is 155 Å². The maximum Gasteiger partial charge on any atom is 0.291 e. The van der Waals surface area contributed by atoms with Gasteiger partial charge in [-0.15, -0.1) is 5.10 Å². The molecule has 2 aromatic rings. The molecule has 0 saturated carbocycles. The molecule has 0 unspecified atom stereocenters. The lowest BCUT2D eigenvalue weighted by atomic mass is 10.1. The van der Waals surface area contributed by atoms with Crippen molar-refractivity contribution < 1.29 is 18.4 Å². The number of rotatable bonds is 5. The number of carbonyl (C=O) groups is 2. The molecule has 1 saturated heterocycles. The third-order valence-corrected chi connectivity index (χ3v) is 4.66. The highest BCUT2D eigenvalue weighted by Crippen LogP contribution is 2.21. The lowest BCUT2D eigenvalue weighted by Gasteiger charge is -2.27. The van der Waals surface area contributed by atoms with Crippen LogP contribution in [0.2, 0.25) is 0 Å². The largest absolute Gasteiger partial charge is 0.337 e. The summed E-state index contributed by atoms with van der Waals surface area (Å²) in [6.07, 6.45) is -0.232. The Morgan fingerprint density at radius 2 is 2.04 bits per heavy atom. The highest BCUT2D eigenvalue weighted by atomic mass is 19.3. The normalized spacial score (nSPS) is 20.6. The molecular weight excluding hydrogens is 356 g/mol. The predicted molar refractivity (Wildman–Crippen MR) is 93.2 cm³/mol. The third kappa shape index (κ3) is 4.47. The molecule has 2 atom stereocenters. The Morgan fingerprint density at radius 1 is 1.30 bits per heavy atom. The molecule has 1 aromatic carbocycles. The number of likely N-dealkylation sites (tertiary alicyclic amines) is 1. The molecule has 27 heavy (non-hydrogen) atoms. The first kappa shape index (κ1) is 18.9. The van der Waals surface area contributed by atoms with Crippen LogP contribution in [0.1, 0.15) is 35.4 Å². The average molecular weight is 377 g/mol. The number of likely N-dealkylation sites (N-methyl/N-ethyl adjacent to an activating group) is 1. The van der Waals surface area contributed by atoms with Crippen LogP contribution in [0.15, 0.2) is 36.7 Å². The second-order valence-corrected chi connectivity index (χ2v) is 6.56. The minimum Gasteiger partial charge on any atom is -0.337 e. The summed E-state index contributed by atoms with van der Waals surface area (Å²) < 4.78 is 27.6. The fraction of sp³-hybridized carbons (Fsp3) is 0.444. The third-order valence-electron chi connectivity index (χ3n) is 4.66. The molecule has 1 fully saturated rings. The van der Waals surface area contributed by atoms with Crippen LogP contribution < -0.4 is 5.32 Å². The van der Waals surface area contributed by atoms with Crippen molar-refractivity contribution >= 4 is 11.8 Å². The Morgan fingerprint density at radius 3 is 2.74 bits per heavy atom. The van der Waals surface area contributed by atoms with Crippen LogP contribution >= 0.6 is 0 Å². The van der Waals surface area contributed by atoms with E-state index in [4.69, 9.17) is 0 Å². The van der Waals surface area contributed by atoms with E-state index in [2.05, 4.69) is 15.4 Å². The summed E-state index contributed by atoms with van der Waals surface area (Å²) in [4.78, 5) is 29.8. The van der Waals surface area contributed by atoms with Crippen LogP contribution in [0.5, 0.6) is 0 Å². The molecule has 1 aromatic heterocycles. The Hall–Kier alpha value is -2.84. The summed E-state index contributed by atoms with van der Waals surface area (Å²) in [5.74, 6) is -1.17. The van der Waals surface area contributed by atoms with Crippen molar-refractivity contribution in [1.29, 1.82) is 0 Å². The van der Waals surface area contributed by atoms with Gasteiger partial charge in [-0.05, 0) is 24.8 Å². The zero-order valence-electron chi connectivity index (χ0n) is 14.9. The monoisotopic (exact) mass is 377 g/mol. The molecule has 144 valence electrons. The summed E-state index contributed by atoms with van der Waals surface area (Å²) >= 11 is 0. The summed E-state index contributed by atoms with van der Waals surface area (Å²) in [6, 6.07) is 7.60. The van der Waals surface area contributed by atoms with Crippen molar-refractivity contribution in [3.63, 3.8) is 0 Å². The molecule has 0 bridgehead atoms. The van der Waals surface area contributed by atoms with Gasteiger partial charge in [-0.1, -0.05) is 30.3 Å². The highest BCUT2D eigenvalue weighted by Gasteiger charge is 2.36. The summed E-state index contributed by atoms with van der Waals surface area (Å²) in [5, 5.41) is 6.71. The van der Waals surface area contributed by atoms with Crippen molar-refractivity contribution in [1.82, 2.24) is 25.0 Å². The molecule has 1 N–H and O–H groups in total. The molecular formula is C18H21F2N5O2. The fourth-order valence-corrected chi connectivity index (χ4v) is 3.15. The number of amides is 2. The van der Waals surface area contributed by atoms with Crippen LogP contribution in [0.3, 0.4) is 0 Å². The van der Waals surface area contributed by atoms with E-state index in [0.29, 0.717) is 19.4 Å². The number of hydrogen-bond acceptors (Lipinski definition) is 4. The maximum atomic E-state index is 13.1. The van der Waals surface area contributed by atoms with E-state index in [-0.39, 0.29) is 12.2 Å². The van der Waals surface area contributed by atoms with Gasteiger partial charge in [0.25, 0.3) is 12.3 Å². The van der Waals surface area contributed by atoms with E-state index in [1.54, 1.807) is 0 Å². The zero-order valence-corrected chi connectivity index (χ0v) is 14.9. The summed E-state index contributed by atoms with van der Waals surface area (Å²) in [7, 11) is 1.34. The summed E-state index contributed by atoms with van der Waals surface area (Å²) in [6.45, 7) is 0.461. The number of nitrogens with one attached hydrogen (secondary N) is 1. The number of hydrogen-bond donors (Lipinski definition) is 1. The maximum absolute atomic E-state index is 13.1. The average Bonchev–Trinajstić information content (AvgIpc) is 3.07. The Bertz CT molecular complexity index is 796. The molecule has 7 nitrogen and oxygen atoms in total. The molecule has 1 aliphatic heterocycles. The first-order valence-electron chi connectivity index (χ1n) is 8.74. The lowest BCUT2D eigenvalue weighted by molar-refractivity contribution is -0.136. The number of carbonyl (C=O) groups excluding carboxylic acids is 2. The molecule has 0 spiro atoms. The molecule has 2 amide bonds. The van der Waals surface area contributed by atoms with Crippen molar-refractivity contribution in [3.8, 4) is 0 Å². The SMILES string of the molecule is CN1C(=O)[C@@H](NC(=O)c2ncn(Cc3ccccc3)n2)CCC[C@H]1C(F)F. The Kier molecular flexibility index (Phi) is 5.78. The van der Waals surface area contributed by atoms with Crippen LogP contribution in [0.25, 0.3) is 0 Å². The van der Waals surface area contributed by atoms with E-state index in [9.17, 15) is 18.4 Å². The van der Waals surface area contributed by atoms with Crippen LogP contribution in [-0.2, 0) is 11.3 Å². The van der Waals surface area contributed by atoms with Gasteiger partial charge in [0.1, 0.15) is 12.4 Å². The molecule has 9 heteroatoms. The van der Waals surface area contributed by atoms with Crippen LogP contribution in [0.4, 0.5) is 8.78 Å². The lowest BCUT2D eigenvalue weighted by Crippen LogP contribution is -2.50. The van der Waals surface area contributed by atoms with Gasteiger partial charge in [-0.2, -0.15) is 0 Å². The van der Waals surface area contributed by atoms with Gasteiger partial charge < -0.3 is 10.2 Å². The van der Waals surface area contributed by atoms with Gasteiger partial charge >= 0.3 is 0 Å². The number of benzene rings is 1. The molecule has 3 rings (SSSR count). The second-order valence-electron chi connectivity index (χ2n) is 6.56. The van der Waals surface area contributed by atoms with Gasteiger partial charge in [0.15, 0.2) is 0 Å². The van der Waals surface area contributed by atoms with Crippen molar-refractivity contribution in [2.75, 3.05) is 7.05 Å². The smallest absolute Gasteiger partial charge is 0.291 e. The van der Waals surface area contributed by atoms with Gasteiger partial charge in [-0.25, -0.2) is 18.4 Å². The minimum atomic E-state index is -2.61. The van der Waals surface area contributed by atoms with E-state index < -0.39 is 30.3 Å². The van der Waals surface area contributed by atoms with Crippen LogP contribution in [0, 0.1) is 0 Å².